The van der Waals surface area contributed by atoms with Crippen LogP contribution in [0.4, 0.5) is 0 Å². The molecule has 0 aromatic carbocycles. The van der Waals surface area contributed by atoms with Gasteiger partial charge in [0.15, 0.2) is 0 Å². The zero-order chi connectivity index (χ0) is 10.9. The van der Waals surface area contributed by atoms with E-state index in [2.05, 4.69) is 21.3 Å². The van der Waals surface area contributed by atoms with Crippen LogP contribution >= 0.6 is 0 Å². The Morgan fingerprint density at radius 3 is 3.33 bits per heavy atom. The van der Waals surface area contributed by atoms with Gasteiger partial charge in [0.05, 0.1) is 6.54 Å². The second-order valence-electron chi connectivity index (χ2n) is 3.33. The molecule has 1 aliphatic heterocycles. The highest BCUT2D eigenvalue weighted by Gasteiger charge is 2.02. The van der Waals surface area contributed by atoms with E-state index in [1.807, 2.05) is 19.3 Å². The van der Waals surface area contributed by atoms with E-state index in [0.717, 1.165) is 25.8 Å². The molecule has 0 saturated heterocycles. The topological polar surface area (TPSA) is 44.7 Å². The number of allylic oxidation sites excluding steroid dienone is 3. The molecule has 0 aromatic heterocycles. The fraction of sp³-hybridized carbons (Fsp3) is 0.455. The van der Waals surface area contributed by atoms with Crippen molar-refractivity contribution < 1.29 is 4.79 Å². The normalized spacial score (nSPS) is 14.6. The van der Waals surface area contributed by atoms with Crippen LogP contribution in [0.2, 0.25) is 0 Å². The smallest absolute Gasteiger partial charge is 0.133 e. The first-order valence-corrected chi connectivity index (χ1v) is 5.07. The molecule has 0 aliphatic carbocycles. The SMILES string of the molecule is CN(CCNCC=O)C1=CC=CN=CC1. The molecule has 0 unspecified atom stereocenters. The van der Waals surface area contributed by atoms with Crippen LogP contribution in [-0.4, -0.2) is 44.1 Å². The lowest BCUT2D eigenvalue weighted by Crippen LogP contribution is -2.29. The number of carbonyl (C=O) groups is 1. The average molecular weight is 207 g/mol. The lowest BCUT2D eigenvalue weighted by atomic mass is 10.3. The van der Waals surface area contributed by atoms with Crippen LogP contribution in [0.3, 0.4) is 0 Å². The van der Waals surface area contributed by atoms with E-state index in [4.69, 9.17) is 0 Å². The molecule has 1 aliphatic rings. The predicted octanol–water partition coefficient (Wildman–Crippen LogP) is 0.579. The van der Waals surface area contributed by atoms with Gasteiger partial charge < -0.3 is 15.0 Å². The molecule has 0 radical (unpaired) electrons. The third kappa shape index (κ3) is 4.56. The molecule has 4 heteroatoms. The lowest BCUT2D eigenvalue weighted by Gasteiger charge is -2.21. The van der Waals surface area contributed by atoms with Crippen molar-refractivity contribution in [3.8, 4) is 0 Å². The minimum atomic E-state index is 0.425. The summed E-state index contributed by atoms with van der Waals surface area (Å²) >= 11 is 0. The zero-order valence-corrected chi connectivity index (χ0v) is 9.02. The molecule has 1 heterocycles. The molecule has 1 N–H and O–H groups in total. The van der Waals surface area contributed by atoms with Crippen LogP contribution in [0.5, 0.6) is 0 Å². The van der Waals surface area contributed by atoms with Gasteiger partial charge in [-0.2, -0.15) is 0 Å². The van der Waals surface area contributed by atoms with Crippen molar-refractivity contribution in [2.45, 2.75) is 6.42 Å². The van der Waals surface area contributed by atoms with Gasteiger partial charge in [0.2, 0.25) is 0 Å². The summed E-state index contributed by atoms with van der Waals surface area (Å²) in [6.07, 6.45) is 9.41. The fourth-order valence-corrected chi connectivity index (χ4v) is 1.31. The molecule has 0 saturated carbocycles. The molecule has 15 heavy (non-hydrogen) atoms. The van der Waals surface area contributed by atoms with E-state index >= 15 is 0 Å². The van der Waals surface area contributed by atoms with Crippen molar-refractivity contribution in [2.24, 2.45) is 4.99 Å². The molecular weight excluding hydrogens is 190 g/mol. The number of carbonyl (C=O) groups excluding carboxylic acids is 1. The summed E-state index contributed by atoms with van der Waals surface area (Å²) in [7, 11) is 2.04. The van der Waals surface area contributed by atoms with E-state index in [9.17, 15) is 4.79 Å². The predicted molar refractivity (Wildman–Crippen MR) is 61.9 cm³/mol. The van der Waals surface area contributed by atoms with Gasteiger partial charge in [0.1, 0.15) is 6.29 Å². The van der Waals surface area contributed by atoms with Crippen LogP contribution < -0.4 is 5.32 Å². The second-order valence-corrected chi connectivity index (χ2v) is 3.33. The number of nitrogens with one attached hydrogen (secondary N) is 1. The average Bonchev–Trinajstić information content (AvgIpc) is 2.52. The highest BCUT2D eigenvalue weighted by atomic mass is 16.1. The van der Waals surface area contributed by atoms with Gasteiger partial charge in [-0.1, -0.05) is 0 Å². The molecule has 82 valence electrons. The highest BCUT2D eigenvalue weighted by Crippen LogP contribution is 2.07. The van der Waals surface area contributed by atoms with Gasteiger partial charge in [-0.3, -0.25) is 4.99 Å². The molecule has 0 spiro atoms. The summed E-state index contributed by atoms with van der Waals surface area (Å²) < 4.78 is 0. The summed E-state index contributed by atoms with van der Waals surface area (Å²) in [4.78, 5) is 16.3. The van der Waals surface area contributed by atoms with Crippen molar-refractivity contribution >= 4 is 12.5 Å². The number of hydrogen-bond acceptors (Lipinski definition) is 4. The third-order valence-corrected chi connectivity index (χ3v) is 2.21. The van der Waals surface area contributed by atoms with E-state index in [1.54, 1.807) is 6.20 Å². The summed E-state index contributed by atoms with van der Waals surface area (Å²) in [5.74, 6) is 0. The Morgan fingerprint density at radius 2 is 2.53 bits per heavy atom. The van der Waals surface area contributed by atoms with E-state index in [1.165, 1.54) is 5.70 Å². The van der Waals surface area contributed by atoms with Crippen molar-refractivity contribution in [2.75, 3.05) is 26.7 Å². The summed E-state index contributed by atoms with van der Waals surface area (Å²) in [5, 5.41) is 3.03. The van der Waals surface area contributed by atoms with Gasteiger partial charge in [0.25, 0.3) is 0 Å². The molecule has 0 aromatic rings. The van der Waals surface area contributed by atoms with Gasteiger partial charge in [-0.25, -0.2) is 0 Å². The summed E-state index contributed by atoms with van der Waals surface area (Å²) in [6.45, 7) is 2.13. The fourth-order valence-electron chi connectivity index (χ4n) is 1.31. The number of nitrogens with zero attached hydrogens (tertiary/aromatic N) is 2. The van der Waals surface area contributed by atoms with Crippen LogP contribution in [0.25, 0.3) is 0 Å². The molecule has 0 bridgehead atoms. The maximum absolute atomic E-state index is 10.1. The van der Waals surface area contributed by atoms with Crippen LogP contribution in [0.15, 0.2) is 29.0 Å². The first-order chi connectivity index (χ1) is 7.34. The van der Waals surface area contributed by atoms with Crippen LogP contribution in [0.1, 0.15) is 6.42 Å². The maximum Gasteiger partial charge on any atom is 0.133 e. The molecule has 1 rings (SSSR count). The Bertz CT molecular complexity index is 282. The summed E-state index contributed by atoms with van der Waals surface area (Å²) in [5.41, 5.74) is 1.24. The van der Waals surface area contributed by atoms with Gasteiger partial charge in [0, 0.05) is 44.7 Å². The van der Waals surface area contributed by atoms with Crippen molar-refractivity contribution in [3.63, 3.8) is 0 Å². The monoisotopic (exact) mass is 207 g/mol. The van der Waals surface area contributed by atoms with Crippen molar-refractivity contribution in [1.29, 1.82) is 0 Å². The molecule has 4 nitrogen and oxygen atoms in total. The Labute approximate surface area is 90.4 Å². The van der Waals surface area contributed by atoms with Gasteiger partial charge in [-0.05, 0) is 12.2 Å². The van der Waals surface area contributed by atoms with E-state index in [-0.39, 0.29) is 0 Å². The van der Waals surface area contributed by atoms with Crippen molar-refractivity contribution in [3.05, 3.63) is 24.0 Å². The molecule has 0 amide bonds. The Kier molecular flexibility index (Phi) is 5.40. The molecular formula is C11H17N3O. The number of rotatable bonds is 6. The Morgan fingerprint density at radius 1 is 1.67 bits per heavy atom. The standard InChI is InChI=1S/C11H17N3O/c1-14(9-7-13-8-10-15)11-3-2-5-12-6-4-11/h2-3,5-6,10,13H,4,7-9H2,1H3. The number of likely N-dealkylation sites (N-methyl/N-ethyl adjacent to an activating group) is 1. The summed E-state index contributed by atoms with van der Waals surface area (Å²) in [6, 6.07) is 0. The van der Waals surface area contributed by atoms with Crippen LogP contribution in [0, 0.1) is 0 Å². The quantitative estimate of drug-likeness (QED) is 0.512. The Balaban J connectivity index is 2.29. The van der Waals surface area contributed by atoms with Gasteiger partial charge >= 0.3 is 0 Å². The van der Waals surface area contributed by atoms with E-state index < -0.39 is 0 Å². The third-order valence-electron chi connectivity index (χ3n) is 2.21. The number of aldehydes is 1. The lowest BCUT2D eigenvalue weighted by molar-refractivity contribution is -0.107. The minimum absolute atomic E-state index is 0.425. The number of aliphatic imine (C=N–C) groups is 1. The van der Waals surface area contributed by atoms with E-state index in [0.29, 0.717) is 6.54 Å². The van der Waals surface area contributed by atoms with Crippen LogP contribution in [-0.2, 0) is 4.79 Å². The molecule has 0 fully saturated rings. The second kappa shape index (κ2) is 6.95. The zero-order valence-electron chi connectivity index (χ0n) is 9.02. The largest absolute Gasteiger partial charge is 0.376 e. The Hall–Kier alpha value is -1.42. The van der Waals surface area contributed by atoms with Gasteiger partial charge in [-0.15, -0.1) is 0 Å². The maximum atomic E-state index is 10.1. The first-order valence-electron chi connectivity index (χ1n) is 5.07. The number of hydrogen-bond donors (Lipinski definition) is 1. The highest BCUT2D eigenvalue weighted by molar-refractivity contribution is 5.62. The first kappa shape index (κ1) is 11.7. The van der Waals surface area contributed by atoms with Crippen molar-refractivity contribution in [1.82, 2.24) is 10.2 Å². The molecule has 0 atom stereocenters. The minimum Gasteiger partial charge on any atom is -0.376 e.